The third-order valence-corrected chi connectivity index (χ3v) is 6.72. The van der Waals surface area contributed by atoms with Crippen LogP contribution >= 0.6 is 0 Å². The zero-order chi connectivity index (χ0) is 26.8. The molecule has 0 fully saturated rings. The molecule has 0 unspecified atom stereocenters. The smallest absolute Gasteiger partial charge is 0.283 e. The van der Waals surface area contributed by atoms with Crippen LogP contribution in [0.5, 0.6) is 5.88 Å². The Bertz CT molecular complexity index is 1420. The molecule has 0 aliphatic carbocycles. The average molecular weight is 557 g/mol. The molecule has 0 spiro atoms. The van der Waals surface area contributed by atoms with Crippen LogP contribution in [-0.4, -0.2) is 112 Å². The quantitative estimate of drug-likeness (QED) is 0.422. The molecule has 0 bridgehead atoms. The number of carbonyl (C=O) groups excluding carboxylic acids is 2. The molecule has 3 rings (SSSR count). The SMILES string of the molecule is COc1cc(-c2cc(F)cc(C(C)C)c2CC(=O)NS(=O)(=O)c2cc(C(=O)N(C)C)n(C)n2)ccn1.[K]. The van der Waals surface area contributed by atoms with Gasteiger partial charge >= 0.3 is 0 Å². The van der Waals surface area contributed by atoms with Gasteiger partial charge in [-0.2, -0.15) is 13.5 Å². The molecular weight excluding hydrogens is 528 g/mol. The maximum absolute atomic E-state index is 14.5. The standard InChI is InChI=1S/C24H28FN5O5S.K/c1-14(2)17-10-16(25)11-18(15-7-8-26-22(9-15)35-6)19(17)12-21(31)28-36(33,34)23-13-20(30(5)27-23)24(32)29(3)4;/h7-11,13-14H,12H2,1-6H3,(H,28,31);. The molecule has 2 amide bonds. The van der Waals surface area contributed by atoms with Crippen molar-refractivity contribution in [3.8, 4) is 17.0 Å². The maximum atomic E-state index is 14.5. The van der Waals surface area contributed by atoms with Gasteiger partial charge in [0, 0.05) is 90.9 Å². The minimum Gasteiger partial charge on any atom is -0.481 e. The first-order valence-corrected chi connectivity index (χ1v) is 12.5. The predicted molar refractivity (Wildman–Crippen MR) is 136 cm³/mol. The van der Waals surface area contributed by atoms with E-state index in [0.717, 1.165) is 10.7 Å². The van der Waals surface area contributed by atoms with Crippen molar-refractivity contribution in [2.24, 2.45) is 7.05 Å². The van der Waals surface area contributed by atoms with Gasteiger partial charge in [-0.1, -0.05) is 13.8 Å². The summed E-state index contributed by atoms with van der Waals surface area (Å²) in [5.41, 5.74) is 2.05. The number of halogens is 1. The van der Waals surface area contributed by atoms with E-state index < -0.39 is 32.7 Å². The number of methoxy groups -OCH3 is 1. The fourth-order valence-electron chi connectivity index (χ4n) is 3.72. The van der Waals surface area contributed by atoms with Crippen molar-refractivity contribution in [3.63, 3.8) is 0 Å². The van der Waals surface area contributed by atoms with Crippen molar-refractivity contribution in [2.45, 2.75) is 31.2 Å². The van der Waals surface area contributed by atoms with Crippen LogP contribution in [0, 0.1) is 5.82 Å². The first-order valence-electron chi connectivity index (χ1n) is 11.0. The first kappa shape index (κ1) is 31.1. The molecule has 0 saturated heterocycles. The number of aryl methyl sites for hydroxylation is 1. The normalized spacial score (nSPS) is 11.1. The van der Waals surface area contributed by atoms with Crippen LogP contribution in [0.4, 0.5) is 4.39 Å². The van der Waals surface area contributed by atoms with Crippen molar-refractivity contribution in [1.82, 2.24) is 24.4 Å². The number of hydrogen-bond donors (Lipinski definition) is 1. The van der Waals surface area contributed by atoms with E-state index in [9.17, 15) is 22.4 Å². The van der Waals surface area contributed by atoms with Crippen molar-refractivity contribution >= 4 is 73.2 Å². The molecule has 0 atom stereocenters. The van der Waals surface area contributed by atoms with E-state index in [1.807, 2.05) is 18.6 Å². The van der Waals surface area contributed by atoms with Crippen LogP contribution in [-0.2, 0) is 28.3 Å². The molecule has 37 heavy (non-hydrogen) atoms. The fourth-order valence-corrected chi connectivity index (χ4v) is 4.69. The summed E-state index contributed by atoms with van der Waals surface area (Å²) in [7, 11) is 1.55. The molecule has 0 aliphatic heterocycles. The number of carbonyl (C=O) groups is 2. The first-order chi connectivity index (χ1) is 16.8. The molecule has 193 valence electrons. The fraction of sp³-hybridized carbons (Fsp3) is 0.333. The van der Waals surface area contributed by atoms with Gasteiger partial charge in [0.15, 0.2) is 5.03 Å². The molecule has 10 nitrogen and oxygen atoms in total. The number of sulfonamides is 1. The van der Waals surface area contributed by atoms with Crippen molar-refractivity contribution in [1.29, 1.82) is 0 Å². The molecule has 1 radical (unpaired) electrons. The number of benzene rings is 1. The van der Waals surface area contributed by atoms with Crippen molar-refractivity contribution < 1.29 is 27.1 Å². The number of ether oxygens (including phenoxy) is 1. The second kappa shape index (κ2) is 12.6. The molecule has 2 heterocycles. The topological polar surface area (TPSA) is 123 Å². The van der Waals surface area contributed by atoms with Gasteiger partial charge in [0.1, 0.15) is 11.5 Å². The summed E-state index contributed by atoms with van der Waals surface area (Å²) in [6.45, 7) is 3.70. The summed E-state index contributed by atoms with van der Waals surface area (Å²) in [5.74, 6) is -1.62. The number of pyridine rings is 1. The third kappa shape index (κ3) is 7.24. The van der Waals surface area contributed by atoms with E-state index in [-0.39, 0.29) is 69.4 Å². The van der Waals surface area contributed by atoms with Crippen LogP contribution in [0.25, 0.3) is 11.1 Å². The largest absolute Gasteiger partial charge is 0.481 e. The molecule has 1 aromatic carbocycles. The number of nitrogens with one attached hydrogen (secondary N) is 1. The Hall–Kier alpha value is -2.16. The second-order valence-electron chi connectivity index (χ2n) is 8.66. The van der Waals surface area contributed by atoms with E-state index in [0.29, 0.717) is 28.1 Å². The molecule has 0 aliphatic rings. The Labute approximate surface area is 258 Å². The van der Waals surface area contributed by atoms with Gasteiger partial charge in [0.05, 0.1) is 13.5 Å². The van der Waals surface area contributed by atoms with Gasteiger partial charge < -0.3 is 9.64 Å². The maximum Gasteiger partial charge on any atom is 0.283 e. The number of aromatic nitrogens is 3. The summed E-state index contributed by atoms with van der Waals surface area (Å²) in [6.07, 6.45) is 1.15. The monoisotopic (exact) mass is 556 g/mol. The Morgan fingerprint density at radius 2 is 1.86 bits per heavy atom. The minimum atomic E-state index is -4.38. The molecule has 13 heteroatoms. The average Bonchev–Trinajstić information content (AvgIpc) is 3.21. The van der Waals surface area contributed by atoms with Crippen molar-refractivity contribution in [2.75, 3.05) is 21.2 Å². The molecule has 0 saturated carbocycles. The van der Waals surface area contributed by atoms with E-state index in [4.69, 9.17) is 4.74 Å². The molecular formula is C24H28FKN5O5S. The molecule has 3 aromatic rings. The van der Waals surface area contributed by atoms with Crippen LogP contribution in [0.15, 0.2) is 41.6 Å². The van der Waals surface area contributed by atoms with E-state index >= 15 is 0 Å². The number of amides is 2. The zero-order valence-electron chi connectivity index (χ0n) is 21.9. The van der Waals surface area contributed by atoms with Crippen LogP contribution in [0.3, 0.4) is 0 Å². The third-order valence-electron chi connectivity index (χ3n) is 5.47. The van der Waals surface area contributed by atoms with Crippen molar-refractivity contribution in [3.05, 3.63) is 59.2 Å². The molecule has 2 aromatic heterocycles. The van der Waals surface area contributed by atoms with Gasteiger partial charge in [0.2, 0.25) is 11.8 Å². The second-order valence-corrected chi connectivity index (χ2v) is 10.3. The van der Waals surface area contributed by atoms with Crippen LogP contribution < -0.4 is 9.46 Å². The summed E-state index contributed by atoms with van der Waals surface area (Å²) in [5, 5.41) is 3.42. The van der Waals surface area contributed by atoms with E-state index in [1.54, 1.807) is 12.1 Å². The molecule has 1 N–H and O–H groups in total. The minimum absolute atomic E-state index is 0. The van der Waals surface area contributed by atoms with Crippen LogP contribution in [0.2, 0.25) is 0 Å². The number of nitrogens with zero attached hydrogens (tertiary/aromatic N) is 4. The number of rotatable bonds is 8. The van der Waals surface area contributed by atoms with E-state index in [1.165, 1.54) is 51.5 Å². The van der Waals surface area contributed by atoms with Gasteiger partial charge in [-0.15, -0.1) is 0 Å². The Balaban J connectivity index is 0.00000481. The Morgan fingerprint density at radius 1 is 1.19 bits per heavy atom. The van der Waals surface area contributed by atoms with Gasteiger partial charge in [-0.25, -0.2) is 14.1 Å². The zero-order valence-corrected chi connectivity index (χ0v) is 25.8. The van der Waals surface area contributed by atoms with Gasteiger partial charge in [-0.05, 0) is 46.4 Å². The summed E-state index contributed by atoms with van der Waals surface area (Å²) in [6, 6.07) is 6.98. The summed E-state index contributed by atoms with van der Waals surface area (Å²) < 4.78 is 48.6. The Morgan fingerprint density at radius 3 is 2.46 bits per heavy atom. The van der Waals surface area contributed by atoms with Crippen LogP contribution in [0.1, 0.15) is 41.4 Å². The number of hydrogen-bond acceptors (Lipinski definition) is 7. The summed E-state index contributed by atoms with van der Waals surface area (Å²) >= 11 is 0. The van der Waals surface area contributed by atoms with Gasteiger partial charge in [0.25, 0.3) is 15.9 Å². The predicted octanol–water partition coefficient (Wildman–Crippen LogP) is 2.12. The van der Waals surface area contributed by atoms with Gasteiger partial charge in [-0.3, -0.25) is 14.3 Å². The summed E-state index contributed by atoms with van der Waals surface area (Å²) in [4.78, 5) is 30.6. The Kier molecular flexibility index (Phi) is 10.6. The van der Waals surface area contributed by atoms with E-state index in [2.05, 4.69) is 10.1 Å².